The van der Waals surface area contributed by atoms with Crippen molar-refractivity contribution in [1.29, 1.82) is 0 Å². The topological polar surface area (TPSA) is 97.6 Å². The lowest BCUT2D eigenvalue weighted by Crippen LogP contribution is -2.41. The first-order chi connectivity index (χ1) is 12.1. The maximum absolute atomic E-state index is 13.0. The number of thiazole rings is 1. The molecular weight excluding hydrogens is 344 g/mol. The minimum Gasteiger partial charge on any atom is -0.360 e. The average molecular weight is 358 g/mol. The van der Waals surface area contributed by atoms with Crippen LogP contribution < -0.4 is 10.2 Å². The maximum Gasteiger partial charge on any atom is 0.235 e. The highest BCUT2D eigenvalue weighted by atomic mass is 32.1. The third kappa shape index (κ3) is 2.02. The molecule has 2 fully saturated rings. The summed E-state index contributed by atoms with van der Waals surface area (Å²) in [6, 6.07) is 1.70. The molecule has 3 aliphatic heterocycles. The molecule has 0 aliphatic carbocycles. The van der Waals surface area contributed by atoms with E-state index in [-0.39, 0.29) is 11.8 Å². The Morgan fingerprint density at radius 1 is 1.52 bits per heavy atom. The summed E-state index contributed by atoms with van der Waals surface area (Å²) in [4.78, 5) is 31.4. The molecule has 9 heteroatoms. The number of amides is 2. The Kier molecular flexibility index (Phi) is 2.95. The average Bonchev–Trinajstić information content (AvgIpc) is 3.36. The minimum absolute atomic E-state index is 0.167. The van der Waals surface area contributed by atoms with E-state index in [2.05, 4.69) is 15.5 Å². The molecule has 1 N–H and O–H groups in total. The van der Waals surface area contributed by atoms with Crippen LogP contribution in [0.2, 0.25) is 0 Å². The molecule has 5 heterocycles. The number of anilines is 2. The third-order valence-corrected chi connectivity index (χ3v) is 5.65. The molecule has 0 aromatic carbocycles. The van der Waals surface area contributed by atoms with Gasteiger partial charge in [0.15, 0.2) is 10.9 Å². The predicted molar refractivity (Wildman–Crippen MR) is 88.1 cm³/mol. The van der Waals surface area contributed by atoms with Crippen molar-refractivity contribution in [1.82, 2.24) is 10.1 Å². The molecule has 2 aromatic rings. The standard InChI is InChI=1S/C16H14N4O4S/c1-8-6-10(19-24-8)20-7-16-3-2-9(23-16)11(12(16)14(20)22)13(21)18-15-17-4-5-25-15/h2-6,9,11-12H,7H2,1H3,(H,17,18,21). The van der Waals surface area contributed by atoms with Crippen LogP contribution in [0, 0.1) is 18.8 Å². The molecular formula is C16H14N4O4S. The van der Waals surface area contributed by atoms with Crippen LogP contribution in [0.25, 0.3) is 0 Å². The van der Waals surface area contributed by atoms with E-state index in [0.29, 0.717) is 23.3 Å². The molecule has 2 aromatic heterocycles. The molecule has 25 heavy (non-hydrogen) atoms. The highest BCUT2D eigenvalue weighted by molar-refractivity contribution is 7.13. The van der Waals surface area contributed by atoms with Crippen molar-refractivity contribution in [3.05, 3.63) is 35.6 Å². The summed E-state index contributed by atoms with van der Waals surface area (Å²) in [6.45, 7) is 2.10. The molecule has 3 aliphatic rings. The van der Waals surface area contributed by atoms with E-state index in [1.807, 2.05) is 12.2 Å². The zero-order chi connectivity index (χ0) is 17.2. The van der Waals surface area contributed by atoms with Gasteiger partial charge in [-0.1, -0.05) is 17.3 Å². The first kappa shape index (κ1) is 14.8. The summed E-state index contributed by atoms with van der Waals surface area (Å²) in [6.07, 6.45) is 5.00. The number of ether oxygens (including phenoxy) is 1. The van der Waals surface area contributed by atoms with Crippen molar-refractivity contribution in [3.63, 3.8) is 0 Å². The second kappa shape index (κ2) is 4.99. The Bertz CT molecular complexity index is 892. The molecule has 8 nitrogen and oxygen atoms in total. The van der Waals surface area contributed by atoms with Gasteiger partial charge in [-0.15, -0.1) is 11.3 Å². The lowest BCUT2D eigenvalue weighted by molar-refractivity contribution is -0.128. The summed E-state index contributed by atoms with van der Waals surface area (Å²) < 4.78 is 11.1. The van der Waals surface area contributed by atoms with Crippen LogP contribution >= 0.6 is 11.3 Å². The van der Waals surface area contributed by atoms with Gasteiger partial charge in [-0.25, -0.2) is 4.98 Å². The van der Waals surface area contributed by atoms with Gasteiger partial charge in [0.2, 0.25) is 11.8 Å². The van der Waals surface area contributed by atoms with E-state index in [9.17, 15) is 9.59 Å². The fourth-order valence-electron chi connectivity index (χ4n) is 3.95. The molecule has 4 unspecified atom stereocenters. The summed E-state index contributed by atoms with van der Waals surface area (Å²) in [5.41, 5.74) is -0.778. The zero-order valence-electron chi connectivity index (χ0n) is 13.2. The maximum atomic E-state index is 13.0. The lowest BCUT2D eigenvalue weighted by Gasteiger charge is -2.22. The Hall–Kier alpha value is -2.52. The first-order valence-electron chi connectivity index (χ1n) is 7.90. The van der Waals surface area contributed by atoms with Crippen molar-refractivity contribution in [3.8, 4) is 0 Å². The molecule has 2 amide bonds. The largest absolute Gasteiger partial charge is 0.360 e. The number of hydrogen-bond donors (Lipinski definition) is 1. The van der Waals surface area contributed by atoms with E-state index < -0.39 is 23.5 Å². The number of aryl methyl sites for hydroxylation is 1. The van der Waals surface area contributed by atoms with Gasteiger partial charge in [-0.3, -0.25) is 14.5 Å². The smallest absolute Gasteiger partial charge is 0.235 e. The number of nitrogens with zero attached hydrogens (tertiary/aromatic N) is 3. The highest BCUT2D eigenvalue weighted by Crippen LogP contribution is 2.52. The Labute approximate surface area is 146 Å². The van der Waals surface area contributed by atoms with Gasteiger partial charge >= 0.3 is 0 Å². The molecule has 0 saturated carbocycles. The van der Waals surface area contributed by atoms with Gasteiger partial charge in [-0.2, -0.15) is 0 Å². The summed E-state index contributed by atoms with van der Waals surface area (Å²) in [5.74, 6) is -0.497. The van der Waals surface area contributed by atoms with Crippen molar-refractivity contribution in [2.75, 3.05) is 16.8 Å². The van der Waals surface area contributed by atoms with Crippen molar-refractivity contribution < 1.29 is 18.8 Å². The van der Waals surface area contributed by atoms with Crippen LogP contribution in [0.1, 0.15) is 5.76 Å². The SMILES string of the molecule is Cc1cc(N2CC34C=CC(O3)C(C(=O)Nc3nccs3)C4C2=O)no1. The molecule has 4 atom stereocenters. The van der Waals surface area contributed by atoms with E-state index in [1.54, 1.807) is 24.6 Å². The Morgan fingerprint density at radius 3 is 3.12 bits per heavy atom. The van der Waals surface area contributed by atoms with Gasteiger partial charge in [0.05, 0.1) is 24.5 Å². The van der Waals surface area contributed by atoms with Gasteiger partial charge in [0.1, 0.15) is 11.4 Å². The fourth-order valence-corrected chi connectivity index (χ4v) is 4.48. The van der Waals surface area contributed by atoms with E-state index in [1.165, 1.54) is 16.2 Å². The number of carbonyl (C=O) groups excluding carboxylic acids is 2. The summed E-state index contributed by atoms with van der Waals surface area (Å²) >= 11 is 1.33. The summed E-state index contributed by atoms with van der Waals surface area (Å²) in [5, 5.41) is 9.01. The van der Waals surface area contributed by atoms with Crippen LogP contribution in [0.4, 0.5) is 10.9 Å². The van der Waals surface area contributed by atoms with Crippen LogP contribution in [-0.4, -0.2) is 40.2 Å². The van der Waals surface area contributed by atoms with Gasteiger partial charge in [-0.05, 0) is 6.92 Å². The second-order valence-corrected chi connectivity index (χ2v) is 7.34. The third-order valence-electron chi connectivity index (χ3n) is 4.96. The minimum atomic E-state index is -0.778. The highest BCUT2D eigenvalue weighted by Gasteiger charge is 2.67. The normalized spacial score (nSPS) is 32.4. The van der Waals surface area contributed by atoms with Crippen molar-refractivity contribution in [2.45, 2.75) is 18.6 Å². The van der Waals surface area contributed by atoms with Crippen LogP contribution in [0.15, 0.2) is 34.3 Å². The van der Waals surface area contributed by atoms with Gasteiger partial charge < -0.3 is 14.6 Å². The quantitative estimate of drug-likeness (QED) is 0.832. The number of carbonyl (C=O) groups is 2. The Balaban J connectivity index is 1.46. The molecule has 128 valence electrons. The fraction of sp³-hybridized carbons (Fsp3) is 0.375. The molecule has 2 saturated heterocycles. The Morgan fingerprint density at radius 2 is 2.40 bits per heavy atom. The van der Waals surface area contributed by atoms with Crippen molar-refractivity contribution >= 4 is 34.1 Å². The predicted octanol–water partition coefficient (Wildman–Crippen LogP) is 1.36. The number of nitrogens with one attached hydrogen (secondary N) is 1. The van der Waals surface area contributed by atoms with Gasteiger partial charge in [0.25, 0.3) is 0 Å². The number of aromatic nitrogens is 2. The van der Waals surface area contributed by atoms with Crippen LogP contribution in [0.3, 0.4) is 0 Å². The number of rotatable bonds is 3. The van der Waals surface area contributed by atoms with E-state index in [4.69, 9.17) is 9.26 Å². The molecule has 1 spiro atoms. The molecule has 2 bridgehead atoms. The zero-order valence-corrected chi connectivity index (χ0v) is 14.0. The van der Waals surface area contributed by atoms with Crippen molar-refractivity contribution in [2.24, 2.45) is 11.8 Å². The van der Waals surface area contributed by atoms with Crippen LogP contribution in [-0.2, 0) is 14.3 Å². The first-order valence-corrected chi connectivity index (χ1v) is 8.78. The van der Waals surface area contributed by atoms with Crippen LogP contribution in [0.5, 0.6) is 0 Å². The van der Waals surface area contributed by atoms with E-state index >= 15 is 0 Å². The lowest BCUT2D eigenvalue weighted by atomic mass is 9.77. The summed E-state index contributed by atoms with van der Waals surface area (Å²) in [7, 11) is 0. The second-order valence-electron chi connectivity index (χ2n) is 6.45. The van der Waals surface area contributed by atoms with E-state index in [0.717, 1.165) is 0 Å². The number of fused-ring (bicyclic) bond motifs is 1. The monoisotopic (exact) mass is 358 g/mol. The molecule has 0 radical (unpaired) electrons. The molecule has 5 rings (SSSR count). The van der Waals surface area contributed by atoms with Gasteiger partial charge in [0, 0.05) is 17.6 Å². The number of hydrogen-bond acceptors (Lipinski definition) is 7.